The SMILES string of the molecule is CC(O)c1cccc(SCCc2ccc([N+](=O)[O-])cc2)c1. The van der Waals surface area contributed by atoms with Gasteiger partial charge in [0.2, 0.25) is 0 Å². The number of rotatable bonds is 6. The van der Waals surface area contributed by atoms with Crippen LogP contribution in [0.25, 0.3) is 0 Å². The third-order valence-electron chi connectivity index (χ3n) is 3.15. The van der Waals surface area contributed by atoms with Gasteiger partial charge in [-0.2, -0.15) is 0 Å². The van der Waals surface area contributed by atoms with Gasteiger partial charge in [-0.3, -0.25) is 10.1 Å². The summed E-state index contributed by atoms with van der Waals surface area (Å²) < 4.78 is 0. The van der Waals surface area contributed by atoms with Gasteiger partial charge in [0.05, 0.1) is 11.0 Å². The molecule has 2 rings (SSSR count). The van der Waals surface area contributed by atoms with E-state index in [1.807, 2.05) is 24.3 Å². The fraction of sp³-hybridized carbons (Fsp3) is 0.250. The first-order valence-electron chi connectivity index (χ1n) is 6.70. The van der Waals surface area contributed by atoms with Gasteiger partial charge >= 0.3 is 0 Å². The van der Waals surface area contributed by atoms with Gasteiger partial charge in [0.25, 0.3) is 5.69 Å². The minimum Gasteiger partial charge on any atom is -0.389 e. The van der Waals surface area contributed by atoms with Crippen molar-refractivity contribution in [3.05, 3.63) is 69.8 Å². The van der Waals surface area contributed by atoms with E-state index in [4.69, 9.17) is 0 Å². The molecule has 0 saturated heterocycles. The number of hydrogen-bond donors (Lipinski definition) is 1. The number of aliphatic hydroxyl groups excluding tert-OH is 1. The highest BCUT2D eigenvalue weighted by Gasteiger charge is 2.05. The van der Waals surface area contributed by atoms with Crippen molar-refractivity contribution in [2.75, 3.05) is 5.75 Å². The molecule has 0 aromatic heterocycles. The van der Waals surface area contributed by atoms with Crippen LogP contribution in [-0.4, -0.2) is 15.8 Å². The van der Waals surface area contributed by atoms with Crippen molar-refractivity contribution in [2.24, 2.45) is 0 Å². The normalized spacial score (nSPS) is 12.1. The molecule has 0 fully saturated rings. The van der Waals surface area contributed by atoms with Crippen molar-refractivity contribution in [1.29, 1.82) is 0 Å². The smallest absolute Gasteiger partial charge is 0.269 e. The molecule has 110 valence electrons. The number of benzene rings is 2. The predicted molar refractivity (Wildman–Crippen MR) is 84.6 cm³/mol. The molecule has 0 aliphatic heterocycles. The Labute approximate surface area is 128 Å². The van der Waals surface area contributed by atoms with Gasteiger partial charge in [0, 0.05) is 22.8 Å². The third-order valence-corrected chi connectivity index (χ3v) is 4.14. The number of non-ortho nitro benzene ring substituents is 1. The number of thioether (sulfide) groups is 1. The fourth-order valence-corrected chi connectivity index (χ4v) is 2.90. The van der Waals surface area contributed by atoms with Crippen LogP contribution < -0.4 is 0 Å². The first-order valence-corrected chi connectivity index (χ1v) is 7.69. The number of nitro benzene ring substituents is 1. The summed E-state index contributed by atoms with van der Waals surface area (Å²) >= 11 is 1.71. The van der Waals surface area contributed by atoms with Gasteiger partial charge in [-0.25, -0.2) is 0 Å². The quantitative estimate of drug-likeness (QED) is 0.498. The number of hydrogen-bond acceptors (Lipinski definition) is 4. The molecule has 0 aliphatic carbocycles. The van der Waals surface area contributed by atoms with Gasteiger partial charge in [-0.15, -0.1) is 11.8 Å². The zero-order chi connectivity index (χ0) is 15.2. The number of aliphatic hydroxyl groups is 1. The maximum Gasteiger partial charge on any atom is 0.269 e. The van der Waals surface area contributed by atoms with E-state index < -0.39 is 6.10 Å². The molecule has 0 heterocycles. The minimum absolute atomic E-state index is 0.121. The molecule has 0 bridgehead atoms. The highest BCUT2D eigenvalue weighted by Crippen LogP contribution is 2.23. The van der Waals surface area contributed by atoms with Gasteiger partial charge < -0.3 is 5.11 Å². The van der Waals surface area contributed by atoms with E-state index in [1.165, 1.54) is 12.1 Å². The van der Waals surface area contributed by atoms with E-state index in [2.05, 4.69) is 0 Å². The van der Waals surface area contributed by atoms with Crippen molar-refractivity contribution in [3.63, 3.8) is 0 Å². The summed E-state index contributed by atoms with van der Waals surface area (Å²) in [5.74, 6) is 0.890. The molecule has 1 atom stereocenters. The van der Waals surface area contributed by atoms with E-state index in [9.17, 15) is 15.2 Å². The summed E-state index contributed by atoms with van der Waals surface area (Å²) in [7, 11) is 0. The average Bonchev–Trinajstić information content (AvgIpc) is 2.48. The van der Waals surface area contributed by atoms with Crippen LogP contribution in [0.1, 0.15) is 24.2 Å². The first kappa shape index (κ1) is 15.5. The third kappa shape index (κ3) is 4.58. The minimum atomic E-state index is -0.458. The largest absolute Gasteiger partial charge is 0.389 e. The lowest BCUT2D eigenvalue weighted by Crippen LogP contribution is -1.93. The van der Waals surface area contributed by atoms with E-state index in [0.717, 1.165) is 28.2 Å². The second-order valence-electron chi connectivity index (χ2n) is 4.77. The zero-order valence-electron chi connectivity index (χ0n) is 11.7. The van der Waals surface area contributed by atoms with Crippen LogP contribution in [0.2, 0.25) is 0 Å². The first-order chi connectivity index (χ1) is 10.1. The van der Waals surface area contributed by atoms with Crippen molar-refractivity contribution in [3.8, 4) is 0 Å². The molecular formula is C16H17NO3S. The summed E-state index contributed by atoms with van der Waals surface area (Å²) in [4.78, 5) is 11.3. The molecule has 0 saturated carbocycles. The topological polar surface area (TPSA) is 63.4 Å². The molecule has 21 heavy (non-hydrogen) atoms. The molecule has 0 spiro atoms. The second-order valence-corrected chi connectivity index (χ2v) is 5.94. The second kappa shape index (κ2) is 7.24. The average molecular weight is 303 g/mol. The highest BCUT2D eigenvalue weighted by atomic mass is 32.2. The lowest BCUT2D eigenvalue weighted by atomic mass is 10.1. The molecule has 1 unspecified atom stereocenters. The lowest BCUT2D eigenvalue weighted by molar-refractivity contribution is -0.384. The Morgan fingerprint density at radius 3 is 2.57 bits per heavy atom. The molecule has 4 nitrogen and oxygen atoms in total. The Bertz CT molecular complexity index is 611. The Morgan fingerprint density at radius 2 is 1.95 bits per heavy atom. The van der Waals surface area contributed by atoms with Crippen LogP contribution in [0.3, 0.4) is 0 Å². The Hall–Kier alpha value is -1.85. The Balaban J connectivity index is 1.89. The van der Waals surface area contributed by atoms with Crippen molar-refractivity contribution in [2.45, 2.75) is 24.3 Å². The number of nitro groups is 1. The summed E-state index contributed by atoms with van der Waals surface area (Å²) in [5.41, 5.74) is 2.12. The van der Waals surface area contributed by atoms with Crippen molar-refractivity contribution < 1.29 is 10.0 Å². The van der Waals surface area contributed by atoms with Crippen LogP contribution in [0.15, 0.2) is 53.4 Å². The van der Waals surface area contributed by atoms with Gasteiger partial charge in [0.15, 0.2) is 0 Å². The monoisotopic (exact) mass is 303 g/mol. The highest BCUT2D eigenvalue weighted by molar-refractivity contribution is 7.99. The zero-order valence-corrected chi connectivity index (χ0v) is 12.5. The van der Waals surface area contributed by atoms with Crippen LogP contribution in [0.4, 0.5) is 5.69 Å². The number of nitrogens with zero attached hydrogens (tertiary/aromatic N) is 1. The standard InChI is InChI=1S/C16H17NO3S/c1-12(18)14-3-2-4-16(11-14)21-10-9-13-5-7-15(8-6-13)17(19)20/h2-8,11-12,18H,9-10H2,1H3. The van der Waals surface area contributed by atoms with Crippen LogP contribution in [0, 0.1) is 10.1 Å². The summed E-state index contributed by atoms with van der Waals surface area (Å²) in [5, 5.41) is 20.1. The van der Waals surface area contributed by atoms with E-state index in [0.29, 0.717) is 0 Å². The van der Waals surface area contributed by atoms with Crippen molar-refractivity contribution in [1.82, 2.24) is 0 Å². The molecular weight excluding hydrogens is 286 g/mol. The molecule has 0 radical (unpaired) electrons. The summed E-state index contributed by atoms with van der Waals surface area (Å²) in [6.45, 7) is 1.75. The molecule has 2 aromatic carbocycles. The predicted octanol–water partition coefficient (Wildman–Crippen LogP) is 3.98. The molecule has 0 aliphatic rings. The van der Waals surface area contributed by atoms with Gasteiger partial charge in [-0.05, 0) is 36.6 Å². The maximum atomic E-state index is 10.6. The lowest BCUT2D eigenvalue weighted by Gasteiger charge is -2.07. The fourth-order valence-electron chi connectivity index (χ4n) is 1.94. The van der Waals surface area contributed by atoms with Crippen molar-refractivity contribution >= 4 is 17.4 Å². The summed E-state index contributed by atoms with van der Waals surface area (Å²) in [6.07, 6.45) is 0.391. The van der Waals surface area contributed by atoms with Gasteiger partial charge in [0.1, 0.15) is 0 Å². The number of aryl methyl sites for hydroxylation is 1. The molecule has 5 heteroatoms. The Morgan fingerprint density at radius 1 is 1.24 bits per heavy atom. The van der Waals surface area contributed by atoms with E-state index in [1.54, 1.807) is 30.8 Å². The molecule has 1 N–H and O–H groups in total. The van der Waals surface area contributed by atoms with E-state index >= 15 is 0 Å². The van der Waals surface area contributed by atoms with Gasteiger partial charge in [-0.1, -0.05) is 24.3 Å². The summed E-state index contributed by atoms with van der Waals surface area (Å²) in [6, 6.07) is 14.5. The van der Waals surface area contributed by atoms with Crippen LogP contribution >= 0.6 is 11.8 Å². The Kier molecular flexibility index (Phi) is 5.36. The molecule has 2 aromatic rings. The van der Waals surface area contributed by atoms with E-state index in [-0.39, 0.29) is 10.6 Å². The maximum absolute atomic E-state index is 10.6. The molecule has 0 amide bonds. The van der Waals surface area contributed by atoms with Crippen LogP contribution in [-0.2, 0) is 6.42 Å². The van der Waals surface area contributed by atoms with Crippen LogP contribution in [0.5, 0.6) is 0 Å².